The molecule has 0 aliphatic rings. The van der Waals surface area contributed by atoms with Gasteiger partial charge in [-0.1, -0.05) is 80.6 Å². The summed E-state index contributed by atoms with van der Waals surface area (Å²) in [6.07, 6.45) is 2.04. The first-order valence-corrected chi connectivity index (χ1v) is 13.3. The first kappa shape index (κ1) is 23.2. The Morgan fingerprint density at radius 3 is 2.28 bits per heavy atom. The fourth-order valence-electron chi connectivity index (χ4n) is 5.16. The zero-order valence-electron chi connectivity index (χ0n) is 22.1. The van der Waals surface area contributed by atoms with E-state index >= 15 is 0 Å². The molecule has 0 fully saturated rings. The second-order valence-electron chi connectivity index (χ2n) is 10.3. The van der Waals surface area contributed by atoms with Crippen molar-refractivity contribution in [2.75, 3.05) is 0 Å². The molecule has 5 nitrogen and oxygen atoms in total. The van der Waals surface area contributed by atoms with Crippen LogP contribution < -0.4 is 0 Å². The van der Waals surface area contributed by atoms with Crippen LogP contribution in [0.25, 0.3) is 61.1 Å². The third kappa shape index (κ3) is 4.12. The molecular weight excluding hydrogens is 478 g/mol. The quantitative estimate of drug-likeness (QED) is 0.226. The number of hydrogen-bond donors (Lipinski definition) is 0. The second-order valence-corrected chi connectivity index (χ2v) is 10.3. The summed E-state index contributed by atoms with van der Waals surface area (Å²) in [6, 6.07) is 33.6. The average Bonchev–Trinajstić information content (AvgIpc) is 3.41. The lowest BCUT2D eigenvalue weighted by Gasteiger charge is -2.14. The highest BCUT2D eigenvalue weighted by atomic mass is 15.3. The molecule has 4 aromatic heterocycles. The fourth-order valence-corrected chi connectivity index (χ4v) is 5.16. The highest BCUT2D eigenvalue weighted by Gasteiger charge is 2.15. The van der Waals surface area contributed by atoms with E-state index in [2.05, 4.69) is 86.6 Å². The van der Waals surface area contributed by atoms with Crippen molar-refractivity contribution >= 4 is 27.5 Å². The molecule has 0 unspecified atom stereocenters. The molecule has 0 radical (unpaired) electrons. The van der Waals surface area contributed by atoms with Gasteiger partial charge in [0.2, 0.25) is 0 Å². The van der Waals surface area contributed by atoms with Crippen molar-refractivity contribution < 1.29 is 0 Å². The topological polar surface area (TPSA) is 56.0 Å². The van der Waals surface area contributed by atoms with Gasteiger partial charge in [0.25, 0.3) is 0 Å². The first-order valence-electron chi connectivity index (χ1n) is 13.3. The Balaban J connectivity index is 1.37. The van der Waals surface area contributed by atoms with Crippen molar-refractivity contribution in [3.63, 3.8) is 0 Å². The third-order valence-corrected chi connectivity index (χ3v) is 7.26. The van der Waals surface area contributed by atoms with Gasteiger partial charge in [-0.3, -0.25) is 9.97 Å². The normalized spacial score (nSPS) is 11.7. The minimum atomic E-state index is 0.287. The Bertz CT molecular complexity index is 2000. The number of aryl methyl sites for hydroxylation is 1. The standard InChI is InChI=1S/C34H27N5/c1-21(2)30-19-29(28-16-14-24-13-12-22(3)35-32(24)33(28)36-30)25-10-7-11-26(18-25)34-37-31-17-15-27(20-39(31)38-34)23-8-5-4-6-9-23/h4-21H,1-3H3. The summed E-state index contributed by atoms with van der Waals surface area (Å²) in [5.74, 6) is 0.988. The Kier molecular flexibility index (Phi) is 5.44. The molecule has 188 valence electrons. The van der Waals surface area contributed by atoms with Gasteiger partial charge in [-0.25, -0.2) is 9.50 Å². The van der Waals surface area contributed by atoms with Crippen molar-refractivity contribution in [1.82, 2.24) is 24.6 Å². The molecule has 0 spiro atoms. The van der Waals surface area contributed by atoms with Gasteiger partial charge >= 0.3 is 0 Å². The molecule has 0 bridgehead atoms. The van der Waals surface area contributed by atoms with Crippen LogP contribution in [0.4, 0.5) is 0 Å². The zero-order valence-corrected chi connectivity index (χ0v) is 22.1. The van der Waals surface area contributed by atoms with Crippen LogP contribution in [-0.4, -0.2) is 24.6 Å². The van der Waals surface area contributed by atoms with E-state index in [1.54, 1.807) is 0 Å². The highest BCUT2D eigenvalue weighted by Crippen LogP contribution is 2.35. The molecule has 3 aromatic carbocycles. The van der Waals surface area contributed by atoms with Crippen LogP contribution in [0.3, 0.4) is 0 Å². The van der Waals surface area contributed by atoms with E-state index < -0.39 is 0 Å². The number of benzene rings is 3. The Morgan fingerprint density at radius 2 is 1.44 bits per heavy atom. The summed E-state index contributed by atoms with van der Waals surface area (Å²) in [6.45, 7) is 6.39. The van der Waals surface area contributed by atoms with Crippen LogP contribution in [0.2, 0.25) is 0 Å². The zero-order chi connectivity index (χ0) is 26.5. The number of nitrogens with zero attached hydrogens (tertiary/aromatic N) is 5. The summed E-state index contributed by atoms with van der Waals surface area (Å²) < 4.78 is 1.86. The summed E-state index contributed by atoms with van der Waals surface area (Å²) in [5, 5.41) is 7.04. The molecule has 0 saturated heterocycles. The molecule has 0 saturated carbocycles. The third-order valence-electron chi connectivity index (χ3n) is 7.26. The monoisotopic (exact) mass is 505 g/mol. The van der Waals surface area contributed by atoms with E-state index in [0.29, 0.717) is 5.82 Å². The number of hydrogen-bond acceptors (Lipinski definition) is 4. The predicted octanol–water partition coefficient (Wildman–Crippen LogP) is 8.26. The minimum absolute atomic E-state index is 0.287. The molecule has 4 heterocycles. The van der Waals surface area contributed by atoms with Crippen LogP contribution in [0.1, 0.15) is 31.2 Å². The van der Waals surface area contributed by atoms with Gasteiger partial charge in [-0.15, -0.1) is 5.10 Å². The summed E-state index contributed by atoms with van der Waals surface area (Å²) in [4.78, 5) is 14.8. The molecule has 7 aromatic rings. The molecule has 0 aliphatic heterocycles. The molecule has 5 heteroatoms. The van der Waals surface area contributed by atoms with Gasteiger partial charge in [0.15, 0.2) is 11.5 Å². The van der Waals surface area contributed by atoms with E-state index in [4.69, 9.17) is 20.1 Å². The summed E-state index contributed by atoms with van der Waals surface area (Å²) in [7, 11) is 0. The van der Waals surface area contributed by atoms with Crippen LogP contribution in [0.15, 0.2) is 103 Å². The first-order chi connectivity index (χ1) is 19.0. The molecule has 7 rings (SSSR count). The lowest BCUT2D eigenvalue weighted by atomic mass is 9.95. The van der Waals surface area contributed by atoms with Crippen LogP contribution >= 0.6 is 0 Å². The van der Waals surface area contributed by atoms with E-state index in [1.807, 2.05) is 41.9 Å². The second kappa shape index (κ2) is 9.14. The SMILES string of the molecule is Cc1ccc2ccc3c(-c4cccc(-c5nc6ccc(-c7ccccc7)cn6n5)c4)cc(C(C)C)nc3c2n1. The van der Waals surface area contributed by atoms with E-state index in [-0.39, 0.29) is 5.92 Å². The van der Waals surface area contributed by atoms with Crippen molar-refractivity contribution in [2.45, 2.75) is 26.7 Å². The van der Waals surface area contributed by atoms with Gasteiger partial charge < -0.3 is 0 Å². The van der Waals surface area contributed by atoms with Crippen molar-refractivity contribution in [3.8, 4) is 33.6 Å². The summed E-state index contributed by atoms with van der Waals surface area (Å²) in [5.41, 5.74) is 10.2. The molecule has 0 aliphatic carbocycles. The lowest BCUT2D eigenvalue weighted by Crippen LogP contribution is -1.97. The molecular formula is C34H27N5. The Labute approximate surface area is 226 Å². The fraction of sp³-hybridized carbons (Fsp3) is 0.118. The smallest absolute Gasteiger partial charge is 0.182 e. The van der Waals surface area contributed by atoms with Crippen LogP contribution in [-0.2, 0) is 0 Å². The van der Waals surface area contributed by atoms with E-state index in [1.165, 1.54) is 0 Å². The maximum atomic E-state index is 5.08. The predicted molar refractivity (Wildman–Crippen MR) is 159 cm³/mol. The number of aromatic nitrogens is 5. The van der Waals surface area contributed by atoms with Gasteiger partial charge in [0.1, 0.15) is 0 Å². The van der Waals surface area contributed by atoms with Crippen molar-refractivity contribution in [3.05, 3.63) is 115 Å². The lowest BCUT2D eigenvalue weighted by molar-refractivity contribution is 0.831. The average molecular weight is 506 g/mol. The van der Waals surface area contributed by atoms with Crippen molar-refractivity contribution in [1.29, 1.82) is 0 Å². The van der Waals surface area contributed by atoms with Crippen molar-refractivity contribution in [2.24, 2.45) is 0 Å². The van der Waals surface area contributed by atoms with Gasteiger partial charge in [-0.2, -0.15) is 0 Å². The molecule has 0 N–H and O–H groups in total. The van der Waals surface area contributed by atoms with Gasteiger partial charge in [-0.05, 0) is 59.9 Å². The minimum Gasteiger partial charge on any atom is -0.251 e. The van der Waals surface area contributed by atoms with Crippen LogP contribution in [0.5, 0.6) is 0 Å². The highest BCUT2D eigenvalue weighted by molar-refractivity contribution is 6.08. The van der Waals surface area contributed by atoms with E-state index in [9.17, 15) is 0 Å². The summed E-state index contributed by atoms with van der Waals surface area (Å²) >= 11 is 0. The maximum Gasteiger partial charge on any atom is 0.182 e. The maximum absolute atomic E-state index is 5.08. The molecule has 0 amide bonds. The number of rotatable bonds is 4. The Hall–Kier alpha value is -4.90. The van der Waals surface area contributed by atoms with E-state index in [0.717, 1.165) is 66.7 Å². The van der Waals surface area contributed by atoms with Crippen LogP contribution in [0, 0.1) is 6.92 Å². The molecule has 0 atom stereocenters. The Morgan fingerprint density at radius 1 is 0.641 bits per heavy atom. The largest absolute Gasteiger partial charge is 0.251 e. The van der Waals surface area contributed by atoms with Gasteiger partial charge in [0, 0.05) is 39.5 Å². The molecule has 39 heavy (non-hydrogen) atoms. The number of fused-ring (bicyclic) bond motifs is 4. The number of pyridine rings is 3. The van der Waals surface area contributed by atoms with Gasteiger partial charge in [0.05, 0.1) is 11.0 Å².